The quantitative estimate of drug-likeness (QED) is 0.383. The molecule has 1 aliphatic heterocycles. The molecule has 1 aromatic carbocycles. The molecule has 22 heavy (non-hydrogen) atoms. The molecule has 2 rings (SSSR count). The zero-order chi connectivity index (χ0) is 15.8. The van der Waals surface area contributed by atoms with Gasteiger partial charge in [-0.3, -0.25) is 4.90 Å². The molecule has 1 saturated heterocycles. The van der Waals surface area contributed by atoms with Gasteiger partial charge in [0.25, 0.3) is 0 Å². The fourth-order valence-electron chi connectivity index (χ4n) is 2.50. The van der Waals surface area contributed by atoms with Crippen molar-refractivity contribution < 1.29 is 14.6 Å². The number of rotatable bonds is 8. The molecular formula is C16H27N3O3. The Kier molecular flexibility index (Phi) is 6.92. The van der Waals surface area contributed by atoms with Gasteiger partial charge in [0.1, 0.15) is 0 Å². The summed E-state index contributed by atoms with van der Waals surface area (Å²) >= 11 is 0. The minimum Gasteiger partial charge on any atom is -0.397 e. The van der Waals surface area contributed by atoms with Gasteiger partial charge in [0.05, 0.1) is 24.6 Å². The molecule has 1 aromatic rings. The monoisotopic (exact) mass is 309 g/mol. The number of nitrogens with two attached hydrogens (primary N) is 1. The van der Waals surface area contributed by atoms with Crippen molar-refractivity contribution in [3.05, 3.63) is 23.8 Å². The summed E-state index contributed by atoms with van der Waals surface area (Å²) in [5.74, 6) is 0. The molecule has 0 radical (unpaired) electrons. The SMILES string of the molecule is CCOC(O)c1ccc(NCCCN2CCOCC2)c(N)c1. The van der Waals surface area contributed by atoms with Crippen molar-refractivity contribution >= 4 is 11.4 Å². The molecule has 0 amide bonds. The highest BCUT2D eigenvalue weighted by Crippen LogP contribution is 2.24. The minimum atomic E-state index is -0.914. The third-order valence-electron chi connectivity index (χ3n) is 3.76. The standard InChI is InChI=1S/C16H27N3O3/c1-2-22-16(20)13-4-5-15(14(17)12-13)18-6-3-7-19-8-10-21-11-9-19/h4-5,12,16,18,20H,2-3,6-11,17H2,1H3. The highest BCUT2D eigenvalue weighted by atomic mass is 16.6. The molecule has 6 nitrogen and oxygen atoms in total. The van der Waals surface area contributed by atoms with Gasteiger partial charge >= 0.3 is 0 Å². The number of nitrogens with one attached hydrogen (secondary N) is 1. The first-order valence-corrected chi connectivity index (χ1v) is 7.93. The Morgan fingerprint density at radius 1 is 1.41 bits per heavy atom. The van der Waals surface area contributed by atoms with E-state index in [1.807, 2.05) is 19.1 Å². The zero-order valence-corrected chi connectivity index (χ0v) is 13.3. The smallest absolute Gasteiger partial charge is 0.181 e. The van der Waals surface area contributed by atoms with Crippen LogP contribution in [0.3, 0.4) is 0 Å². The highest BCUT2D eigenvalue weighted by Gasteiger charge is 2.10. The van der Waals surface area contributed by atoms with E-state index in [-0.39, 0.29) is 0 Å². The summed E-state index contributed by atoms with van der Waals surface area (Å²) in [4.78, 5) is 2.41. The highest BCUT2D eigenvalue weighted by molar-refractivity contribution is 5.67. The summed E-state index contributed by atoms with van der Waals surface area (Å²) in [5.41, 5.74) is 8.23. The van der Waals surface area contributed by atoms with E-state index in [2.05, 4.69) is 10.2 Å². The van der Waals surface area contributed by atoms with Crippen LogP contribution in [0, 0.1) is 0 Å². The average molecular weight is 309 g/mol. The van der Waals surface area contributed by atoms with E-state index in [0.29, 0.717) is 17.9 Å². The van der Waals surface area contributed by atoms with Gasteiger partial charge in [0, 0.05) is 31.8 Å². The maximum atomic E-state index is 9.78. The number of anilines is 2. The molecule has 6 heteroatoms. The molecule has 1 heterocycles. The number of morpholine rings is 1. The van der Waals surface area contributed by atoms with E-state index in [4.69, 9.17) is 15.2 Å². The Bertz CT molecular complexity index is 450. The number of ether oxygens (including phenoxy) is 2. The molecule has 1 fully saturated rings. The topological polar surface area (TPSA) is 80.0 Å². The maximum Gasteiger partial charge on any atom is 0.181 e. The number of nitrogens with zero attached hydrogens (tertiary/aromatic N) is 1. The van der Waals surface area contributed by atoms with E-state index >= 15 is 0 Å². The van der Waals surface area contributed by atoms with Gasteiger partial charge in [-0.2, -0.15) is 0 Å². The van der Waals surface area contributed by atoms with Gasteiger partial charge < -0.3 is 25.6 Å². The summed E-state index contributed by atoms with van der Waals surface area (Å²) in [6.07, 6.45) is 0.144. The van der Waals surface area contributed by atoms with E-state index in [9.17, 15) is 5.11 Å². The summed E-state index contributed by atoms with van der Waals surface area (Å²) in [7, 11) is 0. The molecule has 1 unspecified atom stereocenters. The predicted octanol–water partition coefficient (Wildman–Crippen LogP) is 1.43. The van der Waals surface area contributed by atoms with Crippen LogP contribution >= 0.6 is 0 Å². The summed E-state index contributed by atoms with van der Waals surface area (Å²) < 4.78 is 10.5. The van der Waals surface area contributed by atoms with Gasteiger partial charge in [-0.25, -0.2) is 0 Å². The molecular weight excluding hydrogens is 282 g/mol. The fraction of sp³-hybridized carbons (Fsp3) is 0.625. The van der Waals surface area contributed by atoms with Crippen LogP contribution < -0.4 is 11.1 Å². The fourth-order valence-corrected chi connectivity index (χ4v) is 2.50. The van der Waals surface area contributed by atoms with Crippen LogP contribution in [0.5, 0.6) is 0 Å². The first-order valence-electron chi connectivity index (χ1n) is 7.93. The van der Waals surface area contributed by atoms with Crippen LogP contribution in [0.4, 0.5) is 11.4 Å². The molecule has 1 atom stereocenters. The van der Waals surface area contributed by atoms with E-state index in [0.717, 1.165) is 51.5 Å². The zero-order valence-electron chi connectivity index (χ0n) is 13.3. The van der Waals surface area contributed by atoms with Crippen molar-refractivity contribution in [2.24, 2.45) is 0 Å². The first-order chi connectivity index (χ1) is 10.7. The van der Waals surface area contributed by atoms with Crippen LogP contribution in [0.2, 0.25) is 0 Å². The number of aliphatic hydroxyl groups is 1. The van der Waals surface area contributed by atoms with Crippen molar-refractivity contribution in [1.82, 2.24) is 4.90 Å². The molecule has 0 saturated carbocycles. The number of benzene rings is 1. The number of aliphatic hydroxyl groups excluding tert-OH is 1. The maximum absolute atomic E-state index is 9.78. The lowest BCUT2D eigenvalue weighted by atomic mass is 10.1. The van der Waals surface area contributed by atoms with Gasteiger partial charge in [-0.15, -0.1) is 0 Å². The van der Waals surface area contributed by atoms with Crippen LogP contribution in [0.25, 0.3) is 0 Å². The second-order valence-electron chi connectivity index (χ2n) is 5.39. The molecule has 0 spiro atoms. The third-order valence-corrected chi connectivity index (χ3v) is 3.76. The Morgan fingerprint density at radius 3 is 2.86 bits per heavy atom. The average Bonchev–Trinajstić information content (AvgIpc) is 2.54. The molecule has 0 aromatic heterocycles. The Hall–Kier alpha value is -1.34. The number of nitrogen functional groups attached to an aromatic ring is 1. The lowest BCUT2D eigenvalue weighted by Crippen LogP contribution is -2.37. The van der Waals surface area contributed by atoms with Gasteiger partial charge in [-0.05, 0) is 32.0 Å². The summed E-state index contributed by atoms with van der Waals surface area (Å²) in [6.45, 7) is 7.96. The first kappa shape index (κ1) is 17.0. The van der Waals surface area contributed by atoms with Crippen molar-refractivity contribution in [2.45, 2.75) is 19.6 Å². The van der Waals surface area contributed by atoms with E-state index < -0.39 is 6.29 Å². The summed E-state index contributed by atoms with van der Waals surface area (Å²) in [5, 5.41) is 13.1. The van der Waals surface area contributed by atoms with Crippen molar-refractivity contribution in [3.8, 4) is 0 Å². The van der Waals surface area contributed by atoms with Crippen LogP contribution in [0.1, 0.15) is 25.2 Å². The van der Waals surface area contributed by atoms with Crippen LogP contribution in [-0.2, 0) is 9.47 Å². The second-order valence-corrected chi connectivity index (χ2v) is 5.39. The Labute approximate surface area is 132 Å². The number of hydrogen-bond acceptors (Lipinski definition) is 6. The van der Waals surface area contributed by atoms with Gasteiger partial charge in [0.2, 0.25) is 0 Å². The van der Waals surface area contributed by atoms with Crippen LogP contribution in [0.15, 0.2) is 18.2 Å². The number of hydrogen-bond donors (Lipinski definition) is 3. The van der Waals surface area contributed by atoms with Crippen molar-refractivity contribution in [3.63, 3.8) is 0 Å². The molecule has 124 valence electrons. The van der Waals surface area contributed by atoms with Crippen molar-refractivity contribution in [2.75, 3.05) is 57.1 Å². The lowest BCUT2D eigenvalue weighted by Gasteiger charge is -2.26. The normalized spacial score (nSPS) is 17.4. The molecule has 0 aliphatic carbocycles. The predicted molar refractivity (Wildman–Crippen MR) is 87.8 cm³/mol. The Balaban J connectivity index is 1.75. The minimum absolute atomic E-state index is 0.461. The molecule has 0 bridgehead atoms. The molecule has 4 N–H and O–H groups in total. The summed E-state index contributed by atoms with van der Waals surface area (Å²) in [6, 6.07) is 5.48. The Morgan fingerprint density at radius 2 is 2.18 bits per heavy atom. The molecule has 1 aliphatic rings. The van der Waals surface area contributed by atoms with E-state index in [1.165, 1.54) is 0 Å². The van der Waals surface area contributed by atoms with Gasteiger partial charge in [-0.1, -0.05) is 6.07 Å². The van der Waals surface area contributed by atoms with Crippen LogP contribution in [-0.4, -0.2) is 56.0 Å². The van der Waals surface area contributed by atoms with Crippen molar-refractivity contribution in [1.29, 1.82) is 0 Å². The van der Waals surface area contributed by atoms with Gasteiger partial charge in [0.15, 0.2) is 6.29 Å². The van der Waals surface area contributed by atoms with E-state index in [1.54, 1.807) is 6.07 Å². The largest absolute Gasteiger partial charge is 0.397 e. The second kappa shape index (κ2) is 8.95. The third kappa shape index (κ3) is 5.14. The lowest BCUT2D eigenvalue weighted by molar-refractivity contribution is -0.0979.